The number of nitrogens with one attached hydrogen (secondary N) is 2. The van der Waals surface area contributed by atoms with Gasteiger partial charge >= 0.3 is 0 Å². The highest BCUT2D eigenvalue weighted by atomic mass is 14.9. The molecule has 1 heterocycles. The lowest BCUT2D eigenvalue weighted by molar-refractivity contribution is 0.626. The molecule has 2 N–H and O–H groups in total. The molecule has 1 aliphatic rings. The lowest BCUT2D eigenvalue weighted by Crippen LogP contribution is -2.29. The molecule has 18 heavy (non-hydrogen) atoms. The van der Waals surface area contributed by atoms with E-state index in [0.717, 1.165) is 12.8 Å². The number of rotatable bonds is 4. The van der Waals surface area contributed by atoms with Gasteiger partial charge in [0.1, 0.15) is 0 Å². The molecule has 1 atom stereocenters. The minimum Gasteiger partial charge on any atom is -0.361 e. The lowest BCUT2D eigenvalue weighted by atomic mass is 9.98. The Hall–Kier alpha value is -1.80. The second-order valence-corrected chi connectivity index (χ2v) is 4.78. The van der Waals surface area contributed by atoms with Crippen LogP contribution in [0.2, 0.25) is 0 Å². The summed E-state index contributed by atoms with van der Waals surface area (Å²) < 4.78 is 0. The van der Waals surface area contributed by atoms with Crippen LogP contribution in [0.25, 0.3) is 10.9 Å². The monoisotopic (exact) mass is 238 g/mol. The molecule has 2 aromatic rings. The number of para-hydroxylation sites is 1. The summed E-state index contributed by atoms with van der Waals surface area (Å²) in [5, 5.41) is 4.76. The first-order valence-corrected chi connectivity index (χ1v) is 6.46. The molecule has 1 aliphatic carbocycles. The predicted octanol–water partition coefficient (Wildman–Crippen LogP) is 3.18. The molecule has 2 heteroatoms. The van der Waals surface area contributed by atoms with Crippen LogP contribution in [-0.2, 0) is 6.42 Å². The Bertz CT molecular complexity index is 604. The van der Waals surface area contributed by atoms with Gasteiger partial charge in [-0.2, -0.15) is 0 Å². The smallest absolute Gasteiger partial charge is 0.0456 e. The largest absolute Gasteiger partial charge is 0.361 e. The number of hydrogen-bond donors (Lipinski definition) is 2. The van der Waals surface area contributed by atoms with Crippen molar-refractivity contribution < 1.29 is 0 Å². The molecule has 1 aromatic carbocycles. The van der Waals surface area contributed by atoms with E-state index >= 15 is 0 Å². The van der Waals surface area contributed by atoms with Crippen molar-refractivity contribution in [1.82, 2.24) is 10.3 Å². The average molecular weight is 238 g/mol. The van der Waals surface area contributed by atoms with Gasteiger partial charge in [-0.3, -0.25) is 0 Å². The van der Waals surface area contributed by atoms with Gasteiger partial charge in [0, 0.05) is 23.1 Å². The van der Waals surface area contributed by atoms with Gasteiger partial charge < -0.3 is 10.3 Å². The van der Waals surface area contributed by atoms with Gasteiger partial charge in [0.2, 0.25) is 0 Å². The number of fused-ring (bicyclic) bond motifs is 1. The van der Waals surface area contributed by atoms with Crippen molar-refractivity contribution in [3.05, 3.63) is 59.8 Å². The highest BCUT2D eigenvalue weighted by Crippen LogP contribution is 2.23. The van der Waals surface area contributed by atoms with E-state index in [-0.39, 0.29) is 0 Å². The number of aromatic nitrogens is 1. The van der Waals surface area contributed by atoms with Gasteiger partial charge in [-0.1, -0.05) is 36.4 Å². The fourth-order valence-electron chi connectivity index (χ4n) is 2.66. The molecule has 1 aromatic heterocycles. The van der Waals surface area contributed by atoms with Crippen LogP contribution in [0.3, 0.4) is 0 Å². The summed E-state index contributed by atoms with van der Waals surface area (Å²) in [6.07, 6.45) is 10.8. The van der Waals surface area contributed by atoms with Crippen LogP contribution >= 0.6 is 0 Å². The van der Waals surface area contributed by atoms with Crippen LogP contribution < -0.4 is 5.32 Å². The van der Waals surface area contributed by atoms with E-state index in [1.165, 1.54) is 22.0 Å². The molecule has 0 bridgehead atoms. The highest BCUT2D eigenvalue weighted by Gasteiger charge is 2.15. The van der Waals surface area contributed by atoms with Crippen molar-refractivity contribution in [2.75, 3.05) is 7.05 Å². The Morgan fingerprint density at radius 3 is 3.00 bits per heavy atom. The Balaban J connectivity index is 1.86. The third-order valence-electron chi connectivity index (χ3n) is 3.69. The molecule has 0 fully saturated rings. The summed E-state index contributed by atoms with van der Waals surface area (Å²) in [6, 6.07) is 8.92. The molecule has 0 saturated carbocycles. The van der Waals surface area contributed by atoms with Gasteiger partial charge in [0.25, 0.3) is 0 Å². The second-order valence-electron chi connectivity index (χ2n) is 4.78. The van der Waals surface area contributed by atoms with E-state index in [4.69, 9.17) is 0 Å². The minimum atomic E-state index is 0.430. The van der Waals surface area contributed by atoms with Crippen LogP contribution in [0.1, 0.15) is 12.0 Å². The summed E-state index contributed by atoms with van der Waals surface area (Å²) in [5.74, 6) is 0. The topological polar surface area (TPSA) is 27.8 Å². The van der Waals surface area contributed by atoms with Crippen LogP contribution in [0.15, 0.2) is 54.3 Å². The number of aromatic amines is 1. The van der Waals surface area contributed by atoms with E-state index in [9.17, 15) is 0 Å². The summed E-state index contributed by atoms with van der Waals surface area (Å²) in [5.41, 5.74) is 4.08. The molecular formula is C16H18N2. The molecule has 1 unspecified atom stereocenters. The van der Waals surface area contributed by atoms with Crippen LogP contribution in [-0.4, -0.2) is 18.1 Å². The minimum absolute atomic E-state index is 0.430. The van der Waals surface area contributed by atoms with E-state index in [1.54, 1.807) is 0 Å². The van der Waals surface area contributed by atoms with Crippen molar-refractivity contribution >= 4 is 10.9 Å². The van der Waals surface area contributed by atoms with Crippen molar-refractivity contribution in [2.24, 2.45) is 0 Å². The van der Waals surface area contributed by atoms with E-state index in [1.807, 2.05) is 7.05 Å². The molecule has 0 radical (unpaired) electrons. The van der Waals surface area contributed by atoms with E-state index < -0.39 is 0 Å². The van der Waals surface area contributed by atoms with Gasteiger partial charge in [-0.15, -0.1) is 0 Å². The fraction of sp³-hybridized carbons (Fsp3) is 0.250. The van der Waals surface area contributed by atoms with Gasteiger partial charge in [0.05, 0.1) is 0 Å². The van der Waals surface area contributed by atoms with Crippen molar-refractivity contribution in [3.8, 4) is 0 Å². The summed E-state index contributed by atoms with van der Waals surface area (Å²) in [6.45, 7) is 0. The summed E-state index contributed by atoms with van der Waals surface area (Å²) in [7, 11) is 2.04. The van der Waals surface area contributed by atoms with Gasteiger partial charge in [-0.05, 0) is 37.1 Å². The molecule has 2 nitrogen and oxygen atoms in total. The lowest BCUT2D eigenvalue weighted by Gasteiger charge is -2.17. The second kappa shape index (κ2) is 4.83. The number of allylic oxidation sites excluding steroid dienone is 3. The Morgan fingerprint density at radius 2 is 2.22 bits per heavy atom. The number of benzene rings is 1. The summed E-state index contributed by atoms with van der Waals surface area (Å²) >= 11 is 0. The maximum Gasteiger partial charge on any atom is 0.0456 e. The van der Waals surface area contributed by atoms with Crippen LogP contribution in [0, 0.1) is 0 Å². The molecule has 92 valence electrons. The zero-order valence-electron chi connectivity index (χ0n) is 10.6. The first kappa shape index (κ1) is 11.3. The number of likely N-dealkylation sites (N-methyl/N-ethyl adjacent to an activating group) is 1. The first-order chi connectivity index (χ1) is 8.88. The normalized spacial score (nSPS) is 16.2. The highest BCUT2D eigenvalue weighted by molar-refractivity contribution is 5.83. The number of hydrogen-bond acceptors (Lipinski definition) is 1. The fourth-order valence-corrected chi connectivity index (χ4v) is 2.66. The van der Waals surface area contributed by atoms with Crippen molar-refractivity contribution in [2.45, 2.75) is 18.9 Å². The maximum atomic E-state index is 3.42. The molecule has 0 amide bonds. The zero-order valence-corrected chi connectivity index (χ0v) is 10.6. The Kier molecular flexibility index (Phi) is 3.03. The molecule has 0 aliphatic heterocycles. The third kappa shape index (κ3) is 2.00. The average Bonchev–Trinajstić information content (AvgIpc) is 3.06. The molecule has 0 saturated heterocycles. The van der Waals surface area contributed by atoms with Crippen molar-refractivity contribution in [3.63, 3.8) is 0 Å². The molecular weight excluding hydrogens is 220 g/mol. The SMILES string of the molecule is CNC(Cc1c[nH]c2ccccc12)C1=CC=CC1. The Morgan fingerprint density at radius 1 is 1.33 bits per heavy atom. The van der Waals surface area contributed by atoms with Crippen LogP contribution in [0.4, 0.5) is 0 Å². The third-order valence-corrected chi connectivity index (χ3v) is 3.69. The standard InChI is InChI=1S/C16H18N2/c1-17-16(12-6-2-3-7-12)10-13-11-18-15-9-5-4-8-14(13)15/h2-6,8-9,11,16-18H,7,10H2,1H3. The first-order valence-electron chi connectivity index (χ1n) is 6.46. The maximum absolute atomic E-state index is 3.42. The van der Waals surface area contributed by atoms with Crippen LogP contribution in [0.5, 0.6) is 0 Å². The summed E-state index contributed by atoms with van der Waals surface area (Å²) in [4.78, 5) is 3.35. The quantitative estimate of drug-likeness (QED) is 0.841. The number of H-pyrrole nitrogens is 1. The predicted molar refractivity (Wildman–Crippen MR) is 76.7 cm³/mol. The Labute approximate surface area is 107 Å². The van der Waals surface area contributed by atoms with Gasteiger partial charge in [-0.25, -0.2) is 0 Å². The van der Waals surface area contributed by atoms with Gasteiger partial charge in [0.15, 0.2) is 0 Å². The van der Waals surface area contributed by atoms with E-state index in [0.29, 0.717) is 6.04 Å². The van der Waals surface area contributed by atoms with Crippen molar-refractivity contribution in [1.29, 1.82) is 0 Å². The zero-order chi connectivity index (χ0) is 12.4. The van der Waals surface area contributed by atoms with E-state index in [2.05, 4.69) is 59.0 Å². The molecule has 0 spiro atoms. The molecule has 3 rings (SSSR count).